The fourth-order valence-corrected chi connectivity index (χ4v) is 3.08. The molecule has 3 heteroatoms. The molecule has 0 saturated carbocycles. The highest BCUT2D eigenvalue weighted by Crippen LogP contribution is 2.27. The molecule has 2 aromatic rings. The van der Waals surface area contributed by atoms with Crippen LogP contribution in [0.25, 0.3) is 0 Å². The Morgan fingerprint density at radius 2 is 1.90 bits per heavy atom. The normalized spacial score (nSPS) is 10.6. The molecule has 2 rings (SSSR count). The largest absolute Gasteiger partial charge is 0.369 e. The van der Waals surface area contributed by atoms with Crippen LogP contribution >= 0.6 is 15.9 Å². The number of benzene rings is 2. The molecule has 0 aromatic heterocycles. The van der Waals surface area contributed by atoms with Crippen LogP contribution in [0.1, 0.15) is 16.7 Å². The summed E-state index contributed by atoms with van der Waals surface area (Å²) in [5.41, 5.74) is 10.7. The first-order valence-electron chi connectivity index (χ1n) is 6.85. The van der Waals surface area contributed by atoms with Crippen molar-refractivity contribution in [2.45, 2.75) is 19.9 Å². The predicted molar refractivity (Wildman–Crippen MR) is 90.2 cm³/mol. The van der Waals surface area contributed by atoms with Crippen LogP contribution in [0.15, 0.2) is 46.9 Å². The fourth-order valence-electron chi connectivity index (χ4n) is 2.35. The van der Waals surface area contributed by atoms with Crippen molar-refractivity contribution in [1.82, 2.24) is 0 Å². The molecule has 0 aliphatic heterocycles. The van der Waals surface area contributed by atoms with E-state index in [0.717, 1.165) is 17.4 Å². The van der Waals surface area contributed by atoms with Crippen LogP contribution in [-0.4, -0.2) is 13.6 Å². The lowest BCUT2D eigenvalue weighted by atomic mass is 10.1. The summed E-state index contributed by atoms with van der Waals surface area (Å²) in [5.74, 6) is 0. The van der Waals surface area contributed by atoms with Crippen LogP contribution in [0.3, 0.4) is 0 Å². The lowest BCUT2D eigenvalue weighted by Crippen LogP contribution is -2.17. The smallest absolute Gasteiger partial charge is 0.0511 e. The van der Waals surface area contributed by atoms with Gasteiger partial charge in [0.2, 0.25) is 0 Å². The maximum atomic E-state index is 5.60. The van der Waals surface area contributed by atoms with Crippen molar-refractivity contribution in [3.8, 4) is 0 Å². The van der Waals surface area contributed by atoms with Gasteiger partial charge in [-0.3, -0.25) is 0 Å². The number of aryl methyl sites for hydroxylation is 1. The molecule has 0 heterocycles. The van der Waals surface area contributed by atoms with Crippen LogP contribution in [0.4, 0.5) is 5.69 Å². The lowest BCUT2D eigenvalue weighted by Gasteiger charge is -2.21. The summed E-state index contributed by atoms with van der Waals surface area (Å²) in [6.45, 7) is 3.71. The summed E-state index contributed by atoms with van der Waals surface area (Å²) in [6.07, 6.45) is 0.917. The molecule has 0 fully saturated rings. The Morgan fingerprint density at radius 3 is 2.55 bits per heavy atom. The molecule has 0 bridgehead atoms. The Balaban J connectivity index is 2.14. The second-order valence-electron chi connectivity index (χ2n) is 5.17. The molecule has 0 aliphatic rings. The van der Waals surface area contributed by atoms with Crippen LogP contribution in [0.5, 0.6) is 0 Å². The highest BCUT2D eigenvalue weighted by molar-refractivity contribution is 9.10. The summed E-state index contributed by atoms with van der Waals surface area (Å²) in [6, 6.07) is 15.1. The maximum absolute atomic E-state index is 5.60. The topological polar surface area (TPSA) is 29.3 Å². The van der Waals surface area contributed by atoms with Crippen molar-refractivity contribution in [1.29, 1.82) is 0 Å². The second kappa shape index (κ2) is 6.91. The van der Waals surface area contributed by atoms with Gasteiger partial charge in [-0.2, -0.15) is 0 Å². The maximum Gasteiger partial charge on any atom is 0.0511 e. The quantitative estimate of drug-likeness (QED) is 0.899. The van der Waals surface area contributed by atoms with Gasteiger partial charge in [0, 0.05) is 18.1 Å². The summed E-state index contributed by atoms with van der Waals surface area (Å²) in [4.78, 5) is 2.26. The van der Waals surface area contributed by atoms with Crippen LogP contribution in [0, 0.1) is 6.92 Å². The van der Waals surface area contributed by atoms with Crippen LogP contribution in [0.2, 0.25) is 0 Å². The van der Waals surface area contributed by atoms with Gasteiger partial charge < -0.3 is 10.6 Å². The van der Waals surface area contributed by atoms with E-state index in [2.05, 4.69) is 77.3 Å². The van der Waals surface area contributed by atoms with Crippen molar-refractivity contribution >= 4 is 21.6 Å². The van der Waals surface area contributed by atoms with Crippen molar-refractivity contribution in [2.24, 2.45) is 5.73 Å². The van der Waals surface area contributed by atoms with Gasteiger partial charge in [0.05, 0.1) is 5.69 Å². The minimum atomic E-state index is 0.685. The third-order valence-electron chi connectivity index (χ3n) is 3.36. The van der Waals surface area contributed by atoms with E-state index < -0.39 is 0 Å². The van der Waals surface area contributed by atoms with Crippen molar-refractivity contribution in [3.63, 3.8) is 0 Å². The van der Waals surface area contributed by atoms with E-state index in [1.54, 1.807) is 0 Å². The van der Waals surface area contributed by atoms with E-state index >= 15 is 0 Å². The first-order chi connectivity index (χ1) is 9.60. The monoisotopic (exact) mass is 332 g/mol. The first kappa shape index (κ1) is 15.1. The van der Waals surface area contributed by atoms with E-state index in [4.69, 9.17) is 5.73 Å². The Bertz CT molecular complexity index is 581. The summed E-state index contributed by atoms with van der Waals surface area (Å²) < 4.78 is 1.12. The van der Waals surface area contributed by atoms with Crippen LogP contribution in [-0.2, 0) is 13.0 Å². The van der Waals surface area contributed by atoms with E-state index in [9.17, 15) is 0 Å². The summed E-state index contributed by atoms with van der Waals surface area (Å²) >= 11 is 3.66. The highest BCUT2D eigenvalue weighted by atomic mass is 79.9. The van der Waals surface area contributed by atoms with Gasteiger partial charge in [-0.15, -0.1) is 0 Å². The van der Waals surface area contributed by atoms with Gasteiger partial charge in [-0.25, -0.2) is 0 Å². The molecule has 0 radical (unpaired) electrons. The van der Waals surface area contributed by atoms with Crippen molar-refractivity contribution < 1.29 is 0 Å². The standard InChI is InChI=1S/C17H21BrN2/c1-13-4-3-5-15(10-13)12-20(2)17-7-6-14(8-9-19)11-16(17)18/h3-7,10-11H,8-9,12,19H2,1-2H3. The molecular weight excluding hydrogens is 312 g/mol. The molecule has 20 heavy (non-hydrogen) atoms. The average molecular weight is 333 g/mol. The number of rotatable bonds is 5. The van der Waals surface area contributed by atoms with Gasteiger partial charge in [-0.1, -0.05) is 35.9 Å². The average Bonchev–Trinajstić information content (AvgIpc) is 2.39. The first-order valence-corrected chi connectivity index (χ1v) is 7.64. The number of hydrogen-bond acceptors (Lipinski definition) is 2. The Hall–Kier alpha value is -1.32. The molecule has 0 unspecified atom stereocenters. The molecule has 0 atom stereocenters. The van der Waals surface area contributed by atoms with Gasteiger partial charge in [0.15, 0.2) is 0 Å². The third-order valence-corrected chi connectivity index (χ3v) is 3.99. The zero-order valence-corrected chi connectivity index (χ0v) is 13.7. The zero-order valence-electron chi connectivity index (χ0n) is 12.1. The third kappa shape index (κ3) is 3.84. The molecule has 0 aliphatic carbocycles. The number of halogens is 1. The lowest BCUT2D eigenvalue weighted by molar-refractivity contribution is 0.914. The van der Waals surface area contributed by atoms with E-state index in [1.807, 2.05) is 0 Å². The van der Waals surface area contributed by atoms with Gasteiger partial charge in [0.25, 0.3) is 0 Å². The number of hydrogen-bond donors (Lipinski definition) is 1. The SMILES string of the molecule is Cc1cccc(CN(C)c2ccc(CCN)cc2Br)c1. The van der Waals surface area contributed by atoms with Gasteiger partial charge >= 0.3 is 0 Å². The molecule has 2 N–H and O–H groups in total. The van der Waals surface area contributed by atoms with E-state index in [-0.39, 0.29) is 0 Å². The summed E-state index contributed by atoms with van der Waals surface area (Å²) in [7, 11) is 2.12. The number of anilines is 1. The number of nitrogens with zero attached hydrogens (tertiary/aromatic N) is 1. The highest BCUT2D eigenvalue weighted by Gasteiger charge is 2.07. The molecular formula is C17H21BrN2. The molecule has 2 nitrogen and oxygen atoms in total. The molecule has 2 aromatic carbocycles. The van der Waals surface area contributed by atoms with E-state index in [1.165, 1.54) is 22.4 Å². The number of nitrogens with two attached hydrogens (primary N) is 1. The Kier molecular flexibility index (Phi) is 5.21. The van der Waals surface area contributed by atoms with Gasteiger partial charge in [-0.05, 0) is 59.1 Å². The van der Waals surface area contributed by atoms with Crippen LogP contribution < -0.4 is 10.6 Å². The molecule has 106 valence electrons. The minimum Gasteiger partial charge on any atom is -0.369 e. The van der Waals surface area contributed by atoms with Crippen molar-refractivity contribution in [2.75, 3.05) is 18.5 Å². The Labute approximate surface area is 129 Å². The van der Waals surface area contributed by atoms with Gasteiger partial charge in [0.1, 0.15) is 0 Å². The van der Waals surface area contributed by atoms with E-state index in [0.29, 0.717) is 6.54 Å². The van der Waals surface area contributed by atoms with Crippen molar-refractivity contribution in [3.05, 3.63) is 63.6 Å². The minimum absolute atomic E-state index is 0.685. The fraction of sp³-hybridized carbons (Fsp3) is 0.294. The Morgan fingerprint density at radius 1 is 1.10 bits per heavy atom. The molecule has 0 spiro atoms. The molecule has 0 amide bonds. The second-order valence-corrected chi connectivity index (χ2v) is 6.02. The zero-order chi connectivity index (χ0) is 14.5. The predicted octanol–water partition coefficient (Wildman–Crippen LogP) is 3.90. The summed E-state index contributed by atoms with van der Waals surface area (Å²) in [5, 5.41) is 0. The molecule has 0 saturated heterocycles.